The summed E-state index contributed by atoms with van der Waals surface area (Å²) in [6.45, 7) is 4.77. The van der Waals surface area contributed by atoms with Crippen LogP contribution in [0.3, 0.4) is 0 Å². The average Bonchev–Trinajstić information content (AvgIpc) is 2.84. The van der Waals surface area contributed by atoms with Crippen molar-refractivity contribution in [2.45, 2.75) is 32.6 Å². The minimum absolute atomic E-state index is 0.810. The van der Waals surface area contributed by atoms with Gasteiger partial charge < -0.3 is 10.1 Å². The first-order valence-electron chi connectivity index (χ1n) is 6.73. The van der Waals surface area contributed by atoms with Crippen LogP contribution in [0.25, 0.3) is 0 Å². The largest absolute Gasteiger partial charge is 0.383 e. The second kappa shape index (κ2) is 6.65. The van der Waals surface area contributed by atoms with Crippen LogP contribution < -0.4 is 5.32 Å². The maximum absolute atomic E-state index is 5.70. The number of rotatable bonds is 6. The second-order valence-electron chi connectivity index (χ2n) is 5.02. The second-order valence-corrected chi connectivity index (χ2v) is 5.02. The van der Waals surface area contributed by atoms with Gasteiger partial charge in [0.25, 0.3) is 0 Å². The zero-order valence-electron chi connectivity index (χ0n) is 10.7. The van der Waals surface area contributed by atoms with Gasteiger partial charge in [-0.3, -0.25) is 0 Å². The first-order valence-corrected chi connectivity index (χ1v) is 6.73. The Balaban J connectivity index is 1.55. The Morgan fingerprint density at radius 3 is 2.59 bits per heavy atom. The molecule has 1 aliphatic rings. The van der Waals surface area contributed by atoms with Crippen LogP contribution in [-0.4, -0.2) is 19.8 Å². The topological polar surface area (TPSA) is 21.3 Å². The molecule has 94 valence electrons. The Morgan fingerprint density at radius 1 is 1.18 bits per heavy atom. The van der Waals surface area contributed by atoms with Gasteiger partial charge >= 0.3 is 0 Å². The van der Waals surface area contributed by atoms with Crippen LogP contribution in [0.2, 0.25) is 0 Å². The molecule has 0 aromatic heterocycles. The minimum atomic E-state index is 0.810. The van der Waals surface area contributed by atoms with Crippen LogP contribution in [0.4, 0.5) is 5.69 Å². The number of hydrogen-bond acceptors (Lipinski definition) is 2. The van der Waals surface area contributed by atoms with Crippen molar-refractivity contribution < 1.29 is 4.74 Å². The SMILES string of the molecule is Cc1ccc(NCCOCC2CCCC2)cc1. The van der Waals surface area contributed by atoms with Crippen LogP contribution in [0.15, 0.2) is 24.3 Å². The molecule has 1 saturated carbocycles. The van der Waals surface area contributed by atoms with Crippen molar-refractivity contribution in [1.82, 2.24) is 0 Å². The van der Waals surface area contributed by atoms with Gasteiger partial charge in [0.05, 0.1) is 6.61 Å². The summed E-state index contributed by atoms with van der Waals surface area (Å²) in [4.78, 5) is 0. The average molecular weight is 233 g/mol. The van der Waals surface area contributed by atoms with Gasteiger partial charge in [-0.05, 0) is 37.8 Å². The lowest BCUT2D eigenvalue weighted by atomic mass is 10.1. The molecule has 2 heteroatoms. The Kier molecular flexibility index (Phi) is 4.87. The van der Waals surface area contributed by atoms with Gasteiger partial charge in [-0.15, -0.1) is 0 Å². The molecule has 1 aromatic rings. The number of nitrogens with one attached hydrogen (secondary N) is 1. The summed E-state index contributed by atoms with van der Waals surface area (Å²) in [5.41, 5.74) is 2.48. The lowest BCUT2D eigenvalue weighted by Crippen LogP contribution is -2.13. The van der Waals surface area contributed by atoms with Crippen LogP contribution in [0.1, 0.15) is 31.2 Å². The van der Waals surface area contributed by atoms with E-state index in [1.165, 1.54) is 36.9 Å². The minimum Gasteiger partial charge on any atom is -0.383 e. The molecular formula is C15H23NO. The van der Waals surface area contributed by atoms with E-state index in [1.54, 1.807) is 0 Å². The number of benzene rings is 1. The van der Waals surface area contributed by atoms with Crippen LogP contribution in [-0.2, 0) is 4.74 Å². The molecule has 0 radical (unpaired) electrons. The van der Waals surface area contributed by atoms with E-state index in [0.29, 0.717) is 0 Å². The summed E-state index contributed by atoms with van der Waals surface area (Å²) in [7, 11) is 0. The first-order chi connectivity index (χ1) is 8.34. The summed E-state index contributed by atoms with van der Waals surface area (Å²) < 4.78 is 5.70. The van der Waals surface area contributed by atoms with Gasteiger partial charge in [0, 0.05) is 18.8 Å². The van der Waals surface area contributed by atoms with Crippen molar-refractivity contribution in [2.24, 2.45) is 5.92 Å². The molecule has 2 rings (SSSR count). The van der Waals surface area contributed by atoms with Gasteiger partial charge in [0.2, 0.25) is 0 Å². The zero-order valence-corrected chi connectivity index (χ0v) is 10.7. The van der Waals surface area contributed by atoms with Crippen molar-refractivity contribution in [3.63, 3.8) is 0 Å². The molecule has 1 aliphatic carbocycles. The molecular weight excluding hydrogens is 210 g/mol. The lowest BCUT2D eigenvalue weighted by Gasteiger charge is -2.11. The molecule has 1 fully saturated rings. The van der Waals surface area contributed by atoms with E-state index in [1.807, 2.05) is 0 Å². The smallest absolute Gasteiger partial charge is 0.0639 e. The van der Waals surface area contributed by atoms with Gasteiger partial charge in [0.15, 0.2) is 0 Å². The van der Waals surface area contributed by atoms with Gasteiger partial charge in [-0.1, -0.05) is 30.5 Å². The fraction of sp³-hybridized carbons (Fsp3) is 0.600. The van der Waals surface area contributed by atoms with Gasteiger partial charge in [-0.25, -0.2) is 0 Å². The van der Waals surface area contributed by atoms with E-state index < -0.39 is 0 Å². The van der Waals surface area contributed by atoms with Gasteiger partial charge in [-0.2, -0.15) is 0 Å². The Labute approximate surface area is 104 Å². The number of ether oxygens (including phenoxy) is 1. The molecule has 0 unspecified atom stereocenters. The Bertz CT molecular complexity index is 314. The van der Waals surface area contributed by atoms with Crippen LogP contribution in [0, 0.1) is 12.8 Å². The highest BCUT2D eigenvalue weighted by Crippen LogP contribution is 2.24. The van der Waals surface area contributed by atoms with E-state index in [4.69, 9.17) is 4.74 Å². The maximum atomic E-state index is 5.70. The summed E-state index contributed by atoms with van der Waals surface area (Å²) in [6.07, 6.45) is 5.53. The highest BCUT2D eigenvalue weighted by molar-refractivity contribution is 5.44. The summed E-state index contributed by atoms with van der Waals surface area (Å²) in [6, 6.07) is 8.49. The van der Waals surface area contributed by atoms with Crippen LogP contribution in [0.5, 0.6) is 0 Å². The highest BCUT2D eigenvalue weighted by Gasteiger charge is 2.14. The molecule has 0 heterocycles. The van der Waals surface area contributed by atoms with Crippen LogP contribution >= 0.6 is 0 Å². The predicted octanol–water partition coefficient (Wildman–Crippen LogP) is 3.61. The number of anilines is 1. The fourth-order valence-electron chi connectivity index (χ4n) is 2.37. The molecule has 0 saturated heterocycles. The third-order valence-corrected chi connectivity index (χ3v) is 3.46. The first kappa shape index (κ1) is 12.4. The molecule has 0 atom stereocenters. The van der Waals surface area contributed by atoms with E-state index in [2.05, 4.69) is 36.5 Å². The molecule has 1 N–H and O–H groups in total. The monoisotopic (exact) mass is 233 g/mol. The van der Waals surface area contributed by atoms with Crippen molar-refractivity contribution in [1.29, 1.82) is 0 Å². The molecule has 0 bridgehead atoms. The highest BCUT2D eigenvalue weighted by atomic mass is 16.5. The number of hydrogen-bond donors (Lipinski definition) is 1. The lowest BCUT2D eigenvalue weighted by molar-refractivity contribution is 0.109. The summed E-state index contributed by atoms with van der Waals surface area (Å²) in [5, 5.41) is 3.37. The zero-order chi connectivity index (χ0) is 11.9. The summed E-state index contributed by atoms with van der Waals surface area (Å²) in [5.74, 6) is 0.828. The normalized spacial score (nSPS) is 16.3. The molecule has 1 aromatic carbocycles. The Hall–Kier alpha value is -1.02. The van der Waals surface area contributed by atoms with E-state index >= 15 is 0 Å². The fourth-order valence-corrected chi connectivity index (χ4v) is 2.37. The van der Waals surface area contributed by atoms with Crippen molar-refractivity contribution in [3.05, 3.63) is 29.8 Å². The quantitative estimate of drug-likeness (QED) is 0.758. The van der Waals surface area contributed by atoms with Gasteiger partial charge in [0.1, 0.15) is 0 Å². The Morgan fingerprint density at radius 2 is 1.88 bits per heavy atom. The van der Waals surface area contributed by atoms with E-state index in [-0.39, 0.29) is 0 Å². The van der Waals surface area contributed by atoms with Crippen molar-refractivity contribution in [2.75, 3.05) is 25.1 Å². The predicted molar refractivity (Wildman–Crippen MR) is 72.4 cm³/mol. The molecule has 2 nitrogen and oxygen atoms in total. The third-order valence-electron chi connectivity index (χ3n) is 3.46. The molecule has 0 amide bonds. The number of aryl methyl sites for hydroxylation is 1. The molecule has 0 aliphatic heterocycles. The molecule has 0 spiro atoms. The summed E-state index contributed by atoms with van der Waals surface area (Å²) >= 11 is 0. The van der Waals surface area contributed by atoms with Crippen molar-refractivity contribution >= 4 is 5.69 Å². The van der Waals surface area contributed by atoms with Crippen molar-refractivity contribution in [3.8, 4) is 0 Å². The van der Waals surface area contributed by atoms with E-state index in [9.17, 15) is 0 Å². The van der Waals surface area contributed by atoms with E-state index in [0.717, 1.165) is 25.7 Å². The molecule has 17 heavy (non-hydrogen) atoms. The standard InChI is InChI=1S/C15H23NO/c1-13-6-8-15(9-7-13)16-10-11-17-12-14-4-2-3-5-14/h6-9,14,16H,2-5,10-12H2,1H3. The maximum Gasteiger partial charge on any atom is 0.0639 e. The third kappa shape index (κ3) is 4.39.